The number of anilines is 1. The summed E-state index contributed by atoms with van der Waals surface area (Å²) < 4.78 is 65.5. The summed E-state index contributed by atoms with van der Waals surface area (Å²) in [7, 11) is -4.03. The first-order chi connectivity index (χ1) is 13.0. The Hall–Kier alpha value is -3.08. The maximum atomic E-state index is 12.5. The number of alkyl halides is 3. The van der Waals surface area contributed by atoms with Crippen molar-refractivity contribution in [2.24, 2.45) is 0 Å². The second-order valence-corrected chi connectivity index (χ2v) is 7.36. The summed E-state index contributed by atoms with van der Waals surface area (Å²) >= 11 is 0. The minimum atomic E-state index is -5.48. The van der Waals surface area contributed by atoms with Gasteiger partial charge in [0.15, 0.2) is 6.61 Å². The summed E-state index contributed by atoms with van der Waals surface area (Å²) in [5.41, 5.74) is -5.16. The topological polar surface area (TPSA) is 102 Å². The van der Waals surface area contributed by atoms with Gasteiger partial charge in [0.1, 0.15) is 5.75 Å². The van der Waals surface area contributed by atoms with Gasteiger partial charge in [-0.2, -0.15) is 13.2 Å². The zero-order valence-corrected chi connectivity index (χ0v) is 15.2. The molecule has 0 radical (unpaired) electrons. The number of likely N-dealkylation sites (N-methyl/N-ethyl adjacent to an activating group) is 1. The number of amides is 2. The van der Waals surface area contributed by atoms with E-state index in [1.54, 1.807) is 12.1 Å². The normalized spacial score (nSPS) is 11.6. The van der Waals surface area contributed by atoms with Crippen molar-refractivity contribution in [3.63, 3.8) is 0 Å². The van der Waals surface area contributed by atoms with E-state index in [-0.39, 0.29) is 18.1 Å². The molecule has 2 aromatic carbocycles. The van der Waals surface area contributed by atoms with Gasteiger partial charge in [0.2, 0.25) is 0 Å². The van der Waals surface area contributed by atoms with Crippen molar-refractivity contribution in [3.05, 3.63) is 54.1 Å². The third-order valence-corrected chi connectivity index (χ3v) is 4.97. The first kappa shape index (κ1) is 21.2. The van der Waals surface area contributed by atoms with E-state index in [1.165, 1.54) is 19.2 Å². The molecule has 0 fully saturated rings. The van der Waals surface area contributed by atoms with Crippen molar-refractivity contribution < 1.29 is 35.9 Å². The van der Waals surface area contributed by atoms with E-state index in [1.807, 2.05) is 0 Å². The number of hydrogen-bond acceptors (Lipinski definition) is 5. The third kappa shape index (κ3) is 5.00. The van der Waals surface area contributed by atoms with Crippen LogP contribution in [0.5, 0.6) is 5.75 Å². The number of rotatable bonds is 6. The van der Waals surface area contributed by atoms with E-state index in [2.05, 4.69) is 10.6 Å². The van der Waals surface area contributed by atoms with E-state index in [0.717, 1.165) is 12.1 Å². The molecular weight excluding hydrogens is 401 g/mol. The molecule has 0 bridgehead atoms. The Morgan fingerprint density at radius 1 is 1.07 bits per heavy atom. The van der Waals surface area contributed by atoms with Crippen LogP contribution in [-0.4, -0.2) is 39.4 Å². The maximum Gasteiger partial charge on any atom is 0.501 e. The molecule has 0 saturated heterocycles. The van der Waals surface area contributed by atoms with E-state index in [0.29, 0.717) is 23.6 Å². The minimum Gasteiger partial charge on any atom is -0.484 e. The van der Waals surface area contributed by atoms with Gasteiger partial charge in [0, 0.05) is 24.4 Å². The van der Waals surface area contributed by atoms with Crippen LogP contribution in [0.4, 0.5) is 18.9 Å². The highest BCUT2D eigenvalue weighted by atomic mass is 32.2. The highest BCUT2D eigenvalue weighted by Gasteiger charge is 2.46. The summed E-state index contributed by atoms with van der Waals surface area (Å²) in [5.74, 6) is -0.698. The van der Waals surface area contributed by atoms with Crippen molar-refractivity contribution >= 4 is 27.3 Å². The molecule has 150 valence electrons. The number of ether oxygens (including phenoxy) is 1. The number of carbonyl (C=O) groups excluding carboxylic acids is 2. The summed E-state index contributed by atoms with van der Waals surface area (Å²) in [6, 6.07) is 9.47. The van der Waals surface area contributed by atoms with Crippen LogP contribution in [0.2, 0.25) is 0 Å². The largest absolute Gasteiger partial charge is 0.501 e. The van der Waals surface area contributed by atoms with Gasteiger partial charge in [-0.15, -0.1) is 0 Å². The minimum absolute atomic E-state index is 0.0437. The number of benzene rings is 2. The van der Waals surface area contributed by atoms with Crippen LogP contribution in [-0.2, 0) is 14.6 Å². The lowest BCUT2D eigenvalue weighted by Crippen LogP contribution is -2.24. The second kappa shape index (κ2) is 8.30. The van der Waals surface area contributed by atoms with Crippen LogP contribution in [0.1, 0.15) is 10.4 Å². The number of carbonyl (C=O) groups is 2. The van der Waals surface area contributed by atoms with Crippen LogP contribution in [0.3, 0.4) is 0 Å². The molecule has 0 heterocycles. The van der Waals surface area contributed by atoms with E-state index < -0.39 is 26.1 Å². The third-order valence-electron chi connectivity index (χ3n) is 3.47. The summed E-state index contributed by atoms with van der Waals surface area (Å²) in [6.45, 7) is -0.219. The predicted molar refractivity (Wildman–Crippen MR) is 93.6 cm³/mol. The lowest BCUT2D eigenvalue weighted by Gasteiger charge is -2.10. The second-order valence-electron chi connectivity index (χ2n) is 5.42. The molecule has 0 spiro atoms. The Morgan fingerprint density at radius 3 is 2.29 bits per heavy atom. The van der Waals surface area contributed by atoms with E-state index in [9.17, 15) is 31.2 Å². The van der Waals surface area contributed by atoms with Crippen molar-refractivity contribution in [2.75, 3.05) is 19.0 Å². The molecule has 0 aromatic heterocycles. The van der Waals surface area contributed by atoms with E-state index >= 15 is 0 Å². The zero-order chi connectivity index (χ0) is 20.9. The number of halogens is 3. The summed E-state index contributed by atoms with van der Waals surface area (Å²) in [5, 5.41) is 4.88. The smallest absolute Gasteiger partial charge is 0.484 e. The van der Waals surface area contributed by atoms with Crippen molar-refractivity contribution in [1.29, 1.82) is 0 Å². The van der Waals surface area contributed by atoms with Gasteiger partial charge in [-0.3, -0.25) is 9.59 Å². The predicted octanol–water partition coefficient (Wildman–Crippen LogP) is 2.36. The molecule has 7 nitrogen and oxygen atoms in total. The Bertz CT molecular complexity index is 973. The van der Waals surface area contributed by atoms with Crippen LogP contribution in [0, 0.1) is 0 Å². The van der Waals surface area contributed by atoms with Crippen molar-refractivity contribution in [2.45, 2.75) is 10.4 Å². The first-order valence-corrected chi connectivity index (χ1v) is 9.19. The molecule has 28 heavy (non-hydrogen) atoms. The zero-order valence-electron chi connectivity index (χ0n) is 14.4. The van der Waals surface area contributed by atoms with Gasteiger partial charge in [-0.05, 0) is 36.4 Å². The highest BCUT2D eigenvalue weighted by molar-refractivity contribution is 7.92. The van der Waals surface area contributed by atoms with Crippen LogP contribution < -0.4 is 15.4 Å². The molecule has 0 aliphatic heterocycles. The number of sulfone groups is 1. The van der Waals surface area contributed by atoms with Crippen LogP contribution in [0.15, 0.2) is 53.4 Å². The highest BCUT2D eigenvalue weighted by Crippen LogP contribution is 2.30. The average Bonchev–Trinajstić information content (AvgIpc) is 2.65. The Balaban J connectivity index is 2.10. The van der Waals surface area contributed by atoms with Gasteiger partial charge < -0.3 is 15.4 Å². The SMILES string of the molecule is CNC(=O)COc1cccc(NC(=O)c2ccc(S(=O)(=O)C(F)(F)F)cc2)c1. The molecule has 0 aliphatic rings. The molecule has 0 aliphatic carbocycles. The Morgan fingerprint density at radius 2 is 1.71 bits per heavy atom. The lowest BCUT2D eigenvalue weighted by molar-refractivity contribution is -0.122. The molecule has 0 unspecified atom stereocenters. The molecular formula is C17H15F3N2O5S. The Kier molecular flexibility index (Phi) is 6.29. The fourth-order valence-corrected chi connectivity index (χ4v) is 2.77. The average molecular weight is 416 g/mol. The summed E-state index contributed by atoms with van der Waals surface area (Å²) in [6.07, 6.45) is 0. The fourth-order valence-electron chi connectivity index (χ4n) is 2.01. The summed E-state index contributed by atoms with van der Waals surface area (Å²) in [4.78, 5) is 22.4. The molecule has 2 aromatic rings. The molecule has 2 rings (SSSR count). The standard InChI is InChI=1S/C17H15F3N2O5S/c1-21-15(23)10-27-13-4-2-3-12(9-13)22-16(24)11-5-7-14(8-6-11)28(25,26)17(18,19)20/h2-9H,10H2,1H3,(H,21,23)(H,22,24). The van der Waals surface area contributed by atoms with E-state index in [4.69, 9.17) is 4.74 Å². The maximum absolute atomic E-state index is 12.5. The first-order valence-electron chi connectivity index (χ1n) is 7.71. The van der Waals surface area contributed by atoms with Crippen LogP contribution >= 0.6 is 0 Å². The number of nitrogens with one attached hydrogen (secondary N) is 2. The van der Waals surface area contributed by atoms with Crippen molar-refractivity contribution in [3.8, 4) is 5.75 Å². The fraction of sp³-hybridized carbons (Fsp3) is 0.176. The van der Waals surface area contributed by atoms with Gasteiger partial charge in [0.25, 0.3) is 21.7 Å². The number of hydrogen-bond donors (Lipinski definition) is 2. The molecule has 2 N–H and O–H groups in total. The molecule has 11 heteroatoms. The molecule has 0 atom stereocenters. The lowest BCUT2D eigenvalue weighted by atomic mass is 10.2. The van der Waals surface area contributed by atoms with Gasteiger partial charge in [-0.1, -0.05) is 6.07 Å². The van der Waals surface area contributed by atoms with Gasteiger partial charge in [-0.25, -0.2) is 8.42 Å². The molecule has 0 saturated carbocycles. The van der Waals surface area contributed by atoms with Crippen LogP contribution in [0.25, 0.3) is 0 Å². The van der Waals surface area contributed by atoms with Gasteiger partial charge in [0.05, 0.1) is 4.90 Å². The Labute approximate surface area is 158 Å². The quantitative estimate of drug-likeness (QED) is 0.753. The van der Waals surface area contributed by atoms with Crippen molar-refractivity contribution in [1.82, 2.24) is 5.32 Å². The van der Waals surface area contributed by atoms with Gasteiger partial charge >= 0.3 is 5.51 Å². The molecule has 2 amide bonds. The monoisotopic (exact) mass is 416 g/mol.